The number of aromatic nitrogens is 1. The largest absolute Gasteiger partial charge is 0.486 e. The van der Waals surface area contributed by atoms with E-state index < -0.39 is 0 Å². The lowest BCUT2D eigenvalue weighted by Crippen LogP contribution is -2.40. The third kappa shape index (κ3) is 8.43. The van der Waals surface area contributed by atoms with Gasteiger partial charge in [0, 0.05) is 68.4 Å². The van der Waals surface area contributed by atoms with E-state index in [9.17, 15) is 4.79 Å². The normalized spacial score (nSPS) is 16.6. The van der Waals surface area contributed by atoms with Gasteiger partial charge < -0.3 is 15.5 Å². The number of ether oxygens (including phenoxy) is 1. The molecule has 2 unspecified atom stereocenters. The molecular weight excluding hydrogens is 522 g/mol. The standard InChI is InChI=1S/C35H47N5O2/c1-6-40(37)23-31(36)14-15-32(26(3)33(41)18-27-10-8-7-9-11-27)28-13-12-25(2)29(19-28)21-39-22-30-20-38-17-16-34(30)42-35(4,5)24-39/h7-13,16-17,19-20,23,26,32H,6,14-15,18,21-22,24,36-37H2,1-5H3/b31-23-. The number of rotatable bonds is 12. The summed E-state index contributed by atoms with van der Waals surface area (Å²) in [4.78, 5) is 20.4. The number of fused-ring (bicyclic) bond motifs is 1. The third-order valence-corrected chi connectivity index (χ3v) is 8.21. The minimum Gasteiger partial charge on any atom is -0.486 e. The number of hydrogen-bond acceptors (Lipinski definition) is 7. The van der Waals surface area contributed by atoms with Gasteiger partial charge in [-0.3, -0.25) is 14.7 Å². The van der Waals surface area contributed by atoms with Crippen LogP contribution in [0.3, 0.4) is 0 Å². The number of aryl methyl sites for hydroxylation is 1. The van der Waals surface area contributed by atoms with E-state index in [-0.39, 0.29) is 23.2 Å². The Bertz CT molecular complexity index is 1370. The molecule has 0 fully saturated rings. The Morgan fingerprint density at radius 3 is 2.69 bits per heavy atom. The zero-order chi connectivity index (χ0) is 30.3. The molecule has 0 spiro atoms. The van der Waals surface area contributed by atoms with Crippen molar-refractivity contribution in [1.82, 2.24) is 14.9 Å². The number of hydrogen-bond donors (Lipinski definition) is 2. The van der Waals surface area contributed by atoms with Gasteiger partial charge in [-0.2, -0.15) is 0 Å². The van der Waals surface area contributed by atoms with E-state index in [1.165, 1.54) is 16.7 Å². The Labute approximate surface area is 251 Å². The van der Waals surface area contributed by atoms with Crippen molar-refractivity contribution >= 4 is 5.78 Å². The number of carbonyl (C=O) groups excluding carboxylic acids is 1. The summed E-state index contributed by atoms with van der Waals surface area (Å²) < 4.78 is 6.35. The average Bonchev–Trinajstić information content (AvgIpc) is 3.08. The zero-order valence-corrected chi connectivity index (χ0v) is 25.8. The first-order chi connectivity index (χ1) is 20.0. The SMILES string of the molecule is CCN(N)/C=C(\N)CCC(c1ccc(C)c(CN2Cc3cnccc3OC(C)(C)C2)c1)C(C)C(=O)Cc1ccccc1. The molecule has 0 saturated carbocycles. The lowest BCUT2D eigenvalue weighted by molar-refractivity contribution is -0.122. The molecule has 7 heteroatoms. The van der Waals surface area contributed by atoms with Gasteiger partial charge in [0.05, 0.1) is 0 Å². The van der Waals surface area contributed by atoms with Crippen molar-refractivity contribution < 1.29 is 9.53 Å². The van der Waals surface area contributed by atoms with E-state index in [0.29, 0.717) is 19.4 Å². The van der Waals surface area contributed by atoms with Crippen molar-refractivity contribution in [2.75, 3.05) is 13.1 Å². The number of Topliss-reactive ketones (excluding diaryl/α,β-unsaturated/α-hetero) is 1. The summed E-state index contributed by atoms with van der Waals surface area (Å²) in [6, 6.07) is 18.6. The molecule has 2 atom stereocenters. The number of ketones is 1. The maximum Gasteiger partial charge on any atom is 0.140 e. The van der Waals surface area contributed by atoms with Crippen LogP contribution in [0.5, 0.6) is 5.75 Å². The number of nitrogens with zero attached hydrogens (tertiary/aromatic N) is 3. The molecule has 224 valence electrons. The first-order valence-electron chi connectivity index (χ1n) is 15.0. The van der Waals surface area contributed by atoms with Crippen LogP contribution in [0.1, 0.15) is 74.3 Å². The molecule has 1 aliphatic rings. The Balaban J connectivity index is 1.60. The average molecular weight is 570 g/mol. The maximum atomic E-state index is 13.6. The summed E-state index contributed by atoms with van der Waals surface area (Å²) in [6.45, 7) is 13.5. The highest BCUT2D eigenvalue weighted by Gasteiger charge is 2.30. The van der Waals surface area contributed by atoms with Crippen LogP contribution in [0.2, 0.25) is 0 Å². The van der Waals surface area contributed by atoms with Gasteiger partial charge in [-0.1, -0.05) is 55.5 Å². The molecule has 0 bridgehead atoms. The van der Waals surface area contributed by atoms with E-state index in [1.54, 1.807) is 17.4 Å². The van der Waals surface area contributed by atoms with Crippen molar-refractivity contribution in [2.24, 2.45) is 17.5 Å². The molecule has 2 heterocycles. The first-order valence-corrected chi connectivity index (χ1v) is 15.0. The summed E-state index contributed by atoms with van der Waals surface area (Å²) in [6.07, 6.45) is 7.32. The monoisotopic (exact) mass is 569 g/mol. The summed E-state index contributed by atoms with van der Waals surface area (Å²) in [5.74, 6) is 6.97. The number of allylic oxidation sites excluding steroid dienone is 1. The highest BCUT2D eigenvalue weighted by Crippen LogP contribution is 2.34. The van der Waals surface area contributed by atoms with Gasteiger partial charge in [-0.05, 0) is 74.8 Å². The van der Waals surface area contributed by atoms with Gasteiger partial charge in [0.15, 0.2) is 0 Å². The van der Waals surface area contributed by atoms with Gasteiger partial charge in [-0.15, -0.1) is 0 Å². The van der Waals surface area contributed by atoms with Crippen LogP contribution in [-0.4, -0.2) is 39.4 Å². The van der Waals surface area contributed by atoms with Crippen molar-refractivity contribution in [3.8, 4) is 5.75 Å². The van der Waals surface area contributed by atoms with Crippen LogP contribution in [0, 0.1) is 12.8 Å². The van der Waals surface area contributed by atoms with Gasteiger partial charge >= 0.3 is 0 Å². The number of benzene rings is 2. The quantitative estimate of drug-likeness (QED) is 0.208. The van der Waals surface area contributed by atoms with E-state index in [2.05, 4.69) is 55.8 Å². The third-order valence-electron chi connectivity index (χ3n) is 8.21. The molecule has 1 aromatic heterocycles. The molecule has 2 aromatic carbocycles. The summed E-state index contributed by atoms with van der Waals surface area (Å²) in [5, 5.41) is 1.60. The fourth-order valence-electron chi connectivity index (χ4n) is 5.82. The molecule has 4 N–H and O–H groups in total. The van der Waals surface area contributed by atoms with Crippen molar-refractivity contribution in [3.05, 3.63) is 107 Å². The second kappa shape index (κ2) is 14.0. The van der Waals surface area contributed by atoms with Crippen LogP contribution < -0.4 is 16.3 Å². The molecule has 0 aliphatic carbocycles. The van der Waals surface area contributed by atoms with Crippen LogP contribution in [0.15, 0.2) is 78.9 Å². The van der Waals surface area contributed by atoms with E-state index in [1.807, 2.05) is 49.5 Å². The Hall–Kier alpha value is -3.68. The predicted molar refractivity (Wildman–Crippen MR) is 169 cm³/mol. The zero-order valence-electron chi connectivity index (χ0n) is 25.8. The second-order valence-electron chi connectivity index (χ2n) is 12.3. The maximum absolute atomic E-state index is 13.6. The molecule has 4 rings (SSSR count). The van der Waals surface area contributed by atoms with Crippen LogP contribution in [-0.2, 0) is 24.3 Å². The van der Waals surface area contributed by atoms with E-state index >= 15 is 0 Å². The van der Waals surface area contributed by atoms with Crippen molar-refractivity contribution in [2.45, 2.75) is 78.5 Å². The molecule has 7 nitrogen and oxygen atoms in total. The lowest BCUT2D eigenvalue weighted by atomic mass is 9.79. The van der Waals surface area contributed by atoms with Crippen LogP contribution in [0.25, 0.3) is 0 Å². The molecule has 0 amide bonds. The highest BCUT2D eigenvalue weighted by molar-refractivity contribution is 5.83. The number of nitrogens with two attached hydrogens (primary N) is 2. The van der Waals surface area contributed by atoms with E-state index in [4.69, 9.17) is 16.3 Å². The molecule has 3 aromatic rings. The number of pyridine rings is 1. The summed E-state index contributed by atoms with van der Waals surface area (Å²) in [7, 11) is 0. The van der Waals surface area contributed by atoms with Gasteiger partial charge in [0.25, 0.3) is 0 Å². The predicted octanol–water partition coefficient (Wildman–Crippen LogP) is 5.87. The topological polar surface area (TPSA) is 97.7 Å². The summed E-state index contributed by atoms with van der Waals surface area (Å²) in [5.41, 5.74) is 12.5. The smallest absolute Gasteiger partial charge is 0.140 e. The van der Waals surface area contributed by atoms with Crippen LogP contribution in [0.4, 0.5) is 0 Å². The van der Waals surface area contributed by atoms with Crippen molar-refractivity contribution in [3.63, 3.8) is 0 Å². The van der Waals surface area contributed by atoms with Gasteiger partial charge in [0.2, 0.25) is 0 Å². The summed E-state index contributed by atoms with van der Waals surface area (Å²) >= 11 is 0. The minimum atomic E-state index is -0.335. The minimum absolute atomic E-state index is 0.0224. The number of hydrazine groups is 1. The molecule has 42 heavy (non-hydrogen) atoms. The number of carbonyl (C=O) groups is 1. The Kier molecular flexibility index (Phi) is 10.4. The van der Waals surface area contributed by atoms with Crippen molar-refractivity contribution in [1.29, 1.82) is 0 Å². The van der Waals surface area contributed by atoms with Gasteiger partial charge in [-0.25, -0.2) is 5.84 Å². The molecule has 0 radical (unpaired) electrons. The fraction of sp³-hybridized carbons (Fsp3) is 0.429. The van der Waals surface area contributed by atoms with Gasteiger partial charge in [0.1, 0.15) is 17.1 Å². The van der Waals surface area contributed by atoms with Crippen LogP contribution >= 0.6 is 0 Å². The lowest BCUT2D eigenvalue weighted by Gasteiger charge is -2.30. The second-order valence-corrected chi connectivity index (χ2v) is 12.3. The highest BCUT2D eigenvalue weighted by atomic mass is 16.5. The Morgan fingerprint density at radius 1 is 1.19 bits per heavy atom. The Morgan fingerprint density at radius 2 is 1.95 bits per heavy atom. The molecular formula is C35H47N5O2. The fourth-order valence-corrected chi connectivity index (χ4v) is 5.82. The van der Waals surface area contributed by atoms with E-state index in [0.717, 1.165) is 48.6 Å². The molecule has 1 aliphatic heterocycles. The molecule has 0 saturated heterocycles. The first kappa shape index (κ1) is 31.3.